The molecular formula is C15H14N3O2S. The lowest BCUT2D eigenvalue weighted by Crippen LogP contribution is -2.10. The Morgan fingerprint density at radius 2 is 2.14 bits per heavy atom. The minimum atomic E-state index is -0.659. The van der Waals surface area contributed by atoms with Gasteiger partial charge in [0, 0.05) is 12.3 Å². The van der Waals surface area contributed by atoms with Gasteiger partial charge in [-0.15, -0.1) is 11.8 Å². The average Bonchev–Trinajstić information content (AvgIpc) is 3.04. The first-order chi connectivity index (χ1) is 10.3. The molecule has 1 N–H and O–H groups in total. The number of hydrogen-bond acceptors (Lipinski definition) is 4. The largest absolute Gasteiger partial charge is 0.497 e. The molecule has 1 aliphatic heterocycles. The van der Waals surface area contributed by atoms with Gasteiger partial charge in [-0.3, -0.25) is 9.55 Å². The molecule has 2 atom stereocenters. The van der Waals surface area contributed by atoms with Gasteiger partial charge in [0.05, 0.1) is 29.1 Å². The molecule has 2 aromatic heterocycles. The van der Waals surface area contributed by atoms with Crippen LogP contribution in [0, 0.1) is 0 Å². The number of thiol groups is 1. The number of aliphatic hydroxyl groups excluding tert-OH is 1. The van der Waals surface area contributed by atoms with Crippen LogP contribution in [0.3, 0.4) is 0 Å². The third kappa shape index (κ3) is 1.91. The lowest BCUT2D eigenvalue weighted by atomic mass is 10.2. The second-order valence-electron chi connectivity index (χ2n) is 4.88. The summed E-state index contributed by atoms with van der Waals surface area (Å²) >= 11 is 0.960. The third-order valence-electron chi connectivity index (χ3n) is 3.67. The van der Waals surface area contributed by atoms with Crippen LogP contribution in [0.1, 0.15) is 17.2 Å². The maximum atomic E-state index is 10.7. The number of methoxy groups -OCH3 is 1. The van der Waals surface area contributed by atoms with Crippen LogP contribution in [0.25, 0.3) is 11.0 Å². The Morgan fingerprint density at radius 3 is 3.00 bits per heavy atom. The Kier molecular flexibility index (Phi) is 2.87. The first-order valence-corrected chi connectivity index (χ1v) is 7.60. The van der Waals surface area contributed by atoms with Crippen molar-refractivity contribution in [2.75, 3.05) is 7.11 Å². The maximum absolute atomic E-state index is 10.7. The number of imidazole rings is 1. The molecule has 5 nitrogen and oxygen atoms in total. The SMILES string of the molecule is COc1ccnc(C2[SH]c3nc4ccccc4n3[C@@H]2O)c1. The number of fused-ring (bicyclic) bond motifs is 3. The highest BCUT2D eigenvalue weighted by atomic mass is 32.2. The van der Waals surface area contributed by atoms with Gasteiger partial charge in [-0.05, 0) is 18.2 Å². The zero-order valence-electron chi connectivity index (χ0n) is 11.3. The Hall–Kier alpha value is -2.05. The second-order valence-corrected chi connectivity index (χ2v) is 6.09. The quantitative estimate of drug-likeness (QED) is 0.714. The number of hydrogen-bond donors (Lipinski definition) is 2. The lowest BCUT2D eigenvalue weighted by molar-refractivity contribution is 0.104. The fourth-order valence-electron chi connectivity index (χ4n) is 2.65. The van der Waals surface area contributed by atoms with Gasteiger partial charge in [0.15, 0.2) is 5.16 Å². The summed E-state index contributed by atoms with van der Waals surface area (Å²) in [7, 11) is 1.63. The van der Waals surface area contributed by atoms with Crippen LogP contribution in [-0.4, -0.2) is 26.8 Å². The number of benzene rings is 1. The van der Waals surface area contributed by atoms with Crippen molar-refractivity contribution in [3.63, 3.8) is 0 Å². The van der Waals surface area contributed by atoms with E-state index in [9.17, 15) is 5.11 Å². The number of rotatable bonds is 2. The molecule has 1 aromatic carbocycles. The molecule has 21 heavy (non-hydrogen) atoms. The molecule has 0 fully saturated rings. The maximum Gasteiger partial charge on any atom is 0.159 e. The summed E-state index contributed by atoms with van der Waals surface area (Å²) in [6.45, 7) is 0. The number of aliphatic hydroxyl groups is 1. The van der Waals surface area contributed by atoms with E-state index in [1.165, 1.54) is 0 Å². The van der Waals surface area contributed by atoms with Gasteiger partial charge in [-0.1, -0.05) is 12.1 Å². The van der Waals surface area contributed by atoms with Crippen LogP contribution in [-0.2, 0) is 0 Å². The van der Waals surface area contributed by atoms with Gasteiger partial charge in [-0.2, -0.15) is 0 Å². The van der Waals surface area contributed by atoms with Crippen molar-refractivity contribution < 1.29 is 9.84 Å². The molecule has 4 rings (SSSR count). The predicted octanol–water partition coefficient (Wildman–Crippen LogP) is 2.51. The highest BCUT2D eigenvalue weighted by Gasteiger charge is 2.35. The Bertz CT molecular complexity index is 818. The van der Waals surface area contributed by atoms with Crippen molar-refractivity contribution in [3.05, 3.63) is 48.3 Å². The van der Waals surface area contributed by atoms with Gasteiger partial charge in [0.2, 0.25) is 0 Å². The summed E-state index contributed by atoms with van der Waals surface area (Å²) in [6.07, 6.45) is 1.05. The Labute approximate surface area is 125 Å². The van der Waals surface area contributed by atoms with E-state index in [1.54, 1.807) is 19.4 Å². The third-order valence-corrected chi connectivity index (χ3v) is 5.03. The van der Waals surface area contributed by atoms with E-state index in [2.05, 4.69) is 9.97 Å². The molecule has 107 valence electrons. The van der Waals surface area contributed by atoms with E-state index in [1.807, 2.05) is 34.9 Å². The average molecular weight is 300 g/mol. The fraction of sp³-hybridized carbons (Fsp3) is 0.200. The summed E-state index contributed by atoms with van der Waals surface area (Å²) in [5.41, 5.74) is 2.69. The molecule has 0 bridgehead atoms. The topological polar surface area (TPSA) is 60.2 Å². The van der Waals surface area contributed by atoms with E-state index in [-0.39, 0.29) is 5.25 Å². The summed E-state index contributed by atoms with van der Waals surface area (Å²) in [4.78, 5) is 8.97. The molecule has 0 saturated carbocycles. The minimum Gasteiger partial charge on any atom is -0.497 e. The summed E-state index contributed by atoms with van der Waals surface area (Å²) < 4.78 is 7.12. The van der Waals surface area contributed by atoms with Crippen molar-refractivity contribution >= 4 is 22.8 Å². The monoisotopic (exact) mass is 300 g/mol. The summed E-state index contributed by atoms with van der Waals surface area (Å²) in [5.74, 6) is 0.747. The van der Waals surface area contributed by atoms with E-state index >= 15 is 0 Å². The van der Waals surface area contributed by atoms with Gasteiger partial charge in [-0.25, -0.2) is 4.98 Å². The van der Waals surface area contributed by atoms with Gasteiger partial charge in [0.1, 0.15) is 12.0 Å². The first kappa shape index (κ1) is 12.7. The van der Waals surface area contributed by atoms with Crippen LogP contribution >= 0.6 is 11.8 Å². The fourth-order valence-corrected chi connectivity index (χ4v) is 3.96. The molecular weight excluding hydrogens is 286 g/mol. The van der Waals surface area contributed by atoms with Crippen molar-refractivity contribution in [3.8, 4) is 5.75 Å². The van der Waals surface area contributed by atoms with Crippen molar-refractivity contribution in [2.45, 2.75) is 16.6 Å². The van der Waals surface area contributed by atoms with Crippen LogP contribution in [0.5, 0.6) is 5.75 Å². The predicted molar refractivity (Wildman–Crippen MR) is 81.8 cm³/mol. The standard InChI is InChI=1S/C15H14N3O2S/c1-20-9-6-7-16-11(8-9)13-14(19)18-12-5-3-2-4-10(12)17-15(18)21-13/h2-8,13-14,19,21H,1H3/t13?,14-/m1/s1. The molecule has 1 aliphatic rings. The summed E-state index contributed by atoms with van der Waals surface area (Å²) in [6, 6.07) is 11.5. The highest BCUT2D eigenvalue weighted by Crippen LogP contribution is 2.49. The molecule has 1 unspecified atom stereocenters. The van der Waals surface area contributed by atoms with Crippen LogP contribution in [0.2, 0.25) is 0 Å². The van der Waals surface area contributed by atoms with Crippen molar-refractivity contribution in [1.82, 2.24) is 14.5 Å². The molecule has 0 aliphatic carbocycles. The van der Waals surface area contributed by atoms with E-state index in [0.717, 1.165) is 39.4 Å². The lowest BCUT2D eigenvalue weighted by Gasteiger charge is -2.16. The van der Waals surface area contributed by atoms with E-state index in [0.29, 0.717) is 0 Å². The number of nitrogens with zero attached hydrogens (tertiary/aromatic N) is 3. The van der Waals surface area contributed by atoms with Crippen LogP contribution in [0.15, 0.2) is 47.8 Å². The van der Waals surface area contributed by atoms with E-state index < -0.39 is 6.23 Å². The molecule has 3 heterocycles. The second kappa shape index (κ2) is 4.75. The molecule has 0 saturated heterocycles. The van der Waals surface area contributed by atoms with Crippen molar-refractivity contribution in [1.29, 1.82) is 0 Å². The zero-order valence-corrected chi connectivity index (χ0v) is 12.2. The Balaban J connectivity index is 1.77. The molecule has 1 radical (unpaired) electrons. The van der Waals surface area contributed by atoms with Crippen LogP contribution < -0.4 is 4.74 Å². The highest BCUT2D eigenvalue weighted by molar-refractivity contribution is 7.99. The normalized spacial score (nSPS) is 20.7. The van der Waals surface area contributed by atoms with Gasteiger partial charge < -0.3 is 9.84 Å². The van der Waals surface area contributed by atoms with E-state index in [4.69, 9.17) is 4.74 Å². The van der Waals surface area contributed by atoms with Gasteiger partial charge >= 0.3 is 0 Å². The molecule has 6 heteroatoms. The molecule has 0 spiro atoms. The number of aromatic nitrogens is 3. The molecule has 3 aromatic rings. The molecule has 0 amide bonds. The number of ether oxygens (including phenoxy) is 1. The first-order valence-electron chi connectivity index (χ1n) is 6.64. The number of para-hydroxylation sites is 2. The van der Waals surface area contributed by atoms with Gasteiger partial charge in [0.25, 0.3) is 0 Å². The van der Waals surface area contributed by atoms with Crippen molar-refractivity contribution in [2.24, 2.45) is 0 Å². The van der Waals surface area contributed by atoms with Crippen LogP contribution in [0.4, 0.5) is 0 Å². The Morgan fingerprint density at radius 1 is 1.29 bits per heavy atom. The minimum absolute atomic E-state index is 0.118. The summed E-state index contributed by atoms with van der Waals surface area (Å²) in [5, 5.41) is 11.4. The smallest absolute Gasteiger partial charge is 0.159 e. The number of pyridine rings is 1. The zero-order chi connectivity index (χ0) is 14.4.